The number of nitrogens with zero attached hydrogens (tertiary/aromatic N) is 2. The minimum absolute atomic E-state index is 0.186. The molecule has 0 spiro atoms. The zero-order valence-corrected chi connectivity index (χ0v) is 10.5. The van der Waals surface area contributed by atoms with E-state index in [4.69, 9.17) is 0 Å². The largest absolute Gasteiger partial charge is 0.334 e. The Hall–Kier alpha value is -0.830. The van der Waals surface area contributed by atoms with Crippen molar-refractivity contribution in [1.29, 1.82) is 0 Å². The van der Waals surface area contributed by atoms with Gasteiger partial charge in [0.25, 0.3) is 0 Å². The van der Waals surface area contributed by atoms with Crippen LogP contribution in [0.2, 0.25) is 0 Å². The van der Waals surface area contributed by atoms with Crippen LogP contribution in [-0.4, -0.2) is 16.6 Å². The minimum atomic E-state index is 0.186. The first kappa shape index (κ1) is 12.2. The van der Waals surface area contributed by atoms with E-state index in [1.165, 1.54) is 0 Å². The highest BCUT2D eigenvalue weighted by atomic mass is 15.1. The van der Waals surface area contributed by atoms with Crippen molar-refractivity contribution < 1.29 is 0 Å². The predicted octanol–water partition coefficient (Wildman–Crippen LogP) is 2.60. The van der Waals surface area contributed by atoms with Crippen LogP contribution in [0.4, 0.5) is 0 Å². The molecule has 1 atom stereocenters. The van der Waals surface area contributed by atoms with E-state index in [1.807, 2.05) is 13.2 Å². The van der Waals surface area contributed by atoms with E-state index in [0.717, 1.165) is 18.8 Å². The molecule has 0 saturated heterocycles. The van der Waals surface area contributed by atoms with Crippen molar-refractivity contribution in [2.24, 2.45) is 5.41 Å². The third-order valence-electron chi connectivity index (χ3n) is 2.63. The van der Waals surface area contributed by atoms with Crippen molar-refractivity contribution in [3.63, 3.8) is 0 Å². The molecule has 15 heavy (non-hydrogen) atoms. The first-order valence-corrected chi connectivity index (χ1v) is 5.69. The Balaban J connectivity index is 2.96. The molecule has 0 saturated carbocycles. The van der Waals surface area contributed by atoms with Gasteiger partial charge in [-0.3, -0.25) is 0 Å². The zero-order chi connectivity index (χ0) is 11.5. The van der Waals surface area contributed by atoms with Crippen molar-refractivity contribution in [2.75, 3.05) is 7.05 Å². The molecule has 1 aromatic heterocycles. The van der Waals surface area contributed by atoms with Crippen LogP contribution in [0.5, 0.6) is 0 Å². The van der Waals surface area contributed by atoms with Crippen molar-refractivity contribution in [3.8, 4) is 0 Å². The zero-order valence-electron chi connectivity index (χ0n) is 10.5. The first-order chi connectivity index (χ1) is 7.00. The molecule has 0 bridgehead atoms. The molecular formula is C12H23N3. The second-order valence-electron chi connectivity index (χ2n) is 5.07. The summed E-state index contributed by atoms with van der Waals surface area (Å²) < 4.78 is 2.24. The van der Waals surface area contributed by atoms with Gasteiger partial charge in [-0.1, -0.05) is 27.7 Å². The van der Waals surface area contributed by atoms with Gasteiger partial charge in [0.2, 0.25) is 0 Å². The number of aromatic nitrogens is 2. The van der Waals surface area contributed by atoms with Crippen molar-refractivity contribution >= 4 is 0 Å². The van der Waals surface area contributed by atoms with Crippen LogP contribution in [0.3, 0.4) is 0 Å². The molecule has 0 fully saturated rings. The molecule has 1 unspecified atom stereocenters. The van der Waals surface area contributed by atoms with Gasteiger partial charge in [-0.15, -0.1) is 0 Å². The van der Waals surface area contributed by atoms with Crippen LogP contribution in [0, 0.1) is 5.41 Å². The number of nitrogens with one attached hydrogen (secondary N) is 1. The fourth-order valence-electron chi connectivity index (χ4n) is 1.96. The van der Waals surface area contributed by atoms with Gasteiger partial charge in [0.05, 0.1) is 6.04 Å². The number of hydrogen-bond donors (Lipinski definition) is 1. The lowest BCUT2D eigenvalue weighted by Crippen LogP contribution is -2.32. The maximum absolute atomic E-state index is 4.47. The van der Waals surface area contributed by atoms with E-state index < -0.39 is 0 Å². The quantitative estimate of drug-likeness (QED) is 0.826. The predicted molar refractivity (Wildman–Crippen MR) is 63.8 cm³/mol. The molecule has 0 aliphatic heterocycles. The summed E-state index contributed by atoms with van der Waals surface area (Å²) in [7, 11) is 2.00. The maximum Gasteiger partial charge on any atom is 0.126 e. The maximum atomic E-state index is 4.47. The van der Waals surface area contributed by atoms with E-state index >= 15 is 0 Å². The number of imidazole rings is 1. The van der Waals surface area contributed by atoms with Gasteiger partial charge in [0, 0.05) is 18.9 Å². The third kappa shape index (κ3) is 2.81. The highest BCUT2D eigenvalue weighted by Gasteiger charge is 2.27. The molecular weight excluding hydrogens is 186 g/mol. The van der Waals surface area contributed by atoms with Gasteiger partial charge in [-0.05, 0) is 18.9 Å². The molecule has 3 nitrogen and oxygen atoms in total. The average molecular weight is 209 g/mol. The Kier molecular flexibility index (Phi) is 3.91. The second kappa shape index (κ2) is 4.79. The van der Waals surface area contributed by atoms with E-state index in [0.29, 0.717) is 6.04 Å². The molecule has 3 heteroatoms. The fraction of sp³-hybridized carbons (Fsp3) is 0.750. The van der Waals surface area contributed by atoms with E-state index in [2.05, 4.69) is 48.8 Å². The molecule has 86 valence electrons. The normalized spacial score (nSPS) is 14.2. The molecule has 0 radical (unpaired) electrons. The molecule has 1 N–H and O–H groups in total. The summed E-state index contributed by atoms with van der Waals surface area (Å²) in [5, 5.41) is 3.36. The summed E-state index contributed by atoms with van der Waals surface area (Å²) in [6, 6.07) is 0.305. The van der Waals surface area contributed by atoms with Crippen LogP contribution < -0.4 is 5.32 Å². The van der Waals surface area contributed by atoms with Gasteiger partial charge in [-0.25, -0.2) is 4.98 Å². The summed E-state index contributed by atoms with van der Waals surface area (Å²) in [4.78, 5) is 4.47. The van der Waals surface area contributed by atoms with Gasteiger partial charge in [0.1, 0.15) is 5.82 Å². The number of rotatable bonds is 4. The van der Waals surface area contributed by atoms with Gasteiger partial charge < -0.3 is 9.88 Å². The average Bonchev–Trinajstić information content (AvgIpc) is 2.53. The third-order valence-corrected chi connectivity index (χ3v) is 2.63. The van der Waals surface area contributed by atoms with Crippen molar-refractivity contribution in [1.82, 2.24) is 14.9 Å². The highest BCUT2D eigenvalue weighted by Crippen LogP contribution is 2.31. The van der Waals surface area contributed by atoms with Gasteiger partial charge in [-0.2, -0.15) is 0 Å². The second-order valence-corrected chi connectivity index (χ2v) is 5.07. The lowest BCUT2D eigenvalue weighted by atomic mass is 9.86. The highest BCUT2D eigenvalue weighted by molar-refractivity contribution is 5.03. The first-order valence-electron chi connectivity index (χ1n) is 5.69. The molecule has 0 amide bonds. The Bertz CT molecular complexity index is 296. The lowest BCUT2D eigenvalue weighted by molar-refractivity contribution is 0.268. The summed E-state index contributed by atoms with van der Waals surface area (Å²) in [5.74, 6) is 1.15. The summed E-state index contributed by atoms with van der Waals surface area (Å²) >= 11 is 0. The van der Waals surface area contributed by atoms with Crippen LogP contribution >= 0.6 is 0 Å². The van der Waals surface area contributed by atoms with Crippen molar-refractivity contribution in [2.45, 2.75) is 46.7 Å². The molecule has 1 rings (SSSR count). The van der Waals surface area contributed by atoms with Gasteiger partial charge >= 0.3 is 0 Å². The molecule has 0 aliphatic rings. The van der Waals surface area contributed by atoms with E-state index in [-0.39, 0.29) is 5.41 Å². The molecule has 0 aliphatic carbocycles. The Morgan fingerprint density at radius 2 is 2.13 bits per heavy atom. The van der Waals surface area contributed by atoms with E-state index in [1.54, 1.807) is 0 Å². The topological polar surface area (TPSA) is 29.9 Å². The lowest BCUT2D eigenvalue weighted by Gasteiger charge is -2.30. The Morgan fingerprint density at radius 3 is 2.60 bits per heavy atom. The smallest absolute Gasteiger partial charge is 0.126 e. The molecule has 1 heterocycles. The van der Waals surface area contributed by atoms with Gasteiger partial charge in [0.15, 0.2) is 0 Å². The number of aryl methyl sites for hydroxylation is 1. The van der Waals surface area contributed by atoms with Crippen LogP contribution in [0.1, 0.15) is 46.0 Å². The van der Waals surface area contributed by atoms with Crippen LogP contribution in [0.25, 0.3) is 0 Å². The SMILES string of the molecule is CCCn1ccnc1C(NC)C(C)(C)C. The number of hydrogen-bond acceptors (Lipinski definition) is 2. The monoisotopic (exact) mass is 209 g/mol. The van der Waals surface area contributed by atoms with E-state index in [9.17, 15) is 0 Å². The van der Waals surface area contributed by atoms with Crippen molar-refractivity contribution in [3.05, 3.63) is 18.2 Å². The van der Waals surface area contributed by atoms with Crippen LogP contribution in [-0.2, 0) is 6.54 Å². The minimum Gasteiger partial charge on any atom is -0.334 e. The molecule has 1 aromatic rings. The Morgan fingerprint density at radius 1 is 1.47 bits per heavy atom. The fourth-order valence-corrected chi connectivity index (χ4v) is 1.96. The van der Waals surface area contributed by atoms with Crippen LogP contribution in [0.15, 0.2) is 12.4 Å². The summed E-state index contributed by atoms with van der Waals surface area (Å²) in [6.45, 7) is 9.94. The standard InChI is InChI=1S/C12H23N3/c1-6-8-15-9-7-14-11(15)10(13-5)12(2,3)4/h7,9-10,13H,6,8H2,1-5H3. The summed E-state index contributed by atoms with van der Waals surface area (Å²) in [6.07, 6.45) is 5.10. The Labute approximate surface area is 92.9 Å². The molecule has 0 aromatic carbocycles. The summed E-state index contributed by atoms with van der Waals surface area (Å²) in [5.41, 5.74) is 0.186.